The molecule has 0 aliphatic heterocycles. The fourth-order valence-corrected chi connectivity index (χ4v) is 2.22. The van der Waals surface area contributed by atoms with E-state index in [9.17, 15) is 0 Å². The molecule has 0 spiro atoms. The number of hydrogen-bond donors (Lipinski definition) is 1. The minimum Gasteiger partial charge on any atom is -0.396 e. The largest absolute Gasteiger partial charge is 0.396 e. The zero-order valence-corrected chi connectivity index (χ0v) is 16.2. The van der Waals surface area contributed by atoms with Crippen molar-refractivity contribution in [2.45, 2.75) is 79.6 Å². The second-order valence-corrected chi connectivity index (χ2v) is 5.24. The smallest absolute Gasteiger partial charge is 0.0433 e. The maximum atomic E-state index is 7.88. The number of aliphatic hydroxyl groups is 1. The lowest BCUT2D eigenvalue weighted by Gasteiger charge is -2.25. The van der Waals surface area contributed by atoms with Crippen LogP contribution in [0.25, 0.3) is 0 Å². The van der Waals surface area contributed by atoms with Crippen molar-refractivity contribution < 1.29 is 9.84 Å². The highest BCUT2D eigenvalue weighted by molar-refractivity contribution is 4.87. The monoisotopic (exact) mass is 314 g/mol. The molecule has 134 valence electrons. The summed E-state index contributed by atoms with van der Waals surface area (Å²) in [7, 11) is 1.68. The van der Waals surface area contributed by atoms with Gasteiger partial charge in [-0.05, 0) is 56.9 Å². The van der Waals surface area contributed by atoms with Gasteiger partial charge in [0.15, 0.2) is 0 Å². The normalized spacial score (nSPS) is 19.0. The molecule has 0 radical (unpaired) electrons. The highest BCUT2D eigenvalue weighted by atomic mass is 16.5. The number of hydrogen-bond acceptors (Lipinski definition) is 2. The summed E-state index contributed by atoms with van der Waals surface area (Å²) < 4.78 is 4.54. The minimum atomic E-state index is 0.319. The third kappa shape index (κ3) is 21.7. The lowest BCUT2D eigenvalue weighted by Crippen LogP contribution is -2.12. The molecule has 2 nitrogen and oxygen atoms in total. The van der Waals surface area contributed by atoms with Gasteiger partial charge >= 0.3 is 0 Å². The summed E-state index contributed by atoms with van der Waals surface area (Å²) in [4.78, 5) is 0. The Hall–Kier alpha value is -0.560. The number of aliphatic hydroxyl groups excluding tert-OH is 1. The molecule has 1 N–H and O–H groups in total. The molecule has 0 saturated heterocycles. The third-order valence-electron chi connectivity index (χ3n) is 3.45. The quantitative estimate of drug-likeness (QED) is 0.630. The van der Waals surface area contributed by atoms with Gasteiger partial charge in [-0.15, -0.1) is 5.73 Å². The van der Waals surface area contributed by atoms with Gasteiger partial charge in [0.2, 0.25) is 0 Å². The number of allylic oxidation sites excluding steroid dienone is 1. The van der Waals surface area contributed by atoms with Crippen molar-refractivity contribution >= 4 is 0 Å². The molecule has 1 rings (SSSR count). The molecule has 1 aliphatic carbocycles. The fourth-order valence-electron chi connectivity index (χ4n) is 2.22. The Labute approximate surface area is 140 Å². The van der Waals surface area contributed by atoms with E-state index in [-0.39, 0.29) is 0 Å². The lowest BCUT2D eigenvalue weighted by atomic mass is 9.80. The lowest BCUT2D eigenvalue weighted by molar-refractivity contribution is 0.215. The zero-order valence-electron chi connectivity index (χ0n) is 16.2. The van der Waals surface area contributed by atoms with Gasteiger partial charge in [0.1, 0.15) is 0 Å². The molecule has 0 aromatic rings. The molecular weight excluding hydrogens is 272 g/mol. The van der Waals surface area contributed by atoms with E-state index in [4.69, 9.17) is 5.11 Å². The van der Waals surface area contributed by atoms with Gasteiger partial charge in [-0.3, -0.25) is 0 Å². The molecular formula is C20H42O2. The Balaban J connectivity index is -0.000000301. The average Bonchev–Trinajstić information content (AvgIpc) is 2.59. The number of ether oxygens (including phenoxy) is 1. The molecule has 0 aromatic heterocycles. The van der Waals surface area contributed by atoms with E-state index in [1.54, 1.807) is 7.11 Å². The van der Waals surface area contributed by atoms with Crippen molar-refractivity contribution in [3.63, 3.8) is 0 Å². The van der Waals surface area contributed by atoms with Crippen LogP contribution in [-0.2, 0) is 4.74 Å². The Kier molecular flexibility index (Phi) is 30.4. The topological polar surface area (TPSA) is 29.5 Å². The average molecular weight is 315 g/mol. The molecule has 0 amide bonds. The number of methoxy groups -OCH3 is 1. The van der Waals surface area contributed by atoms with Crippen LogP contribution in [0.5, 0.6) is 0 Å². The first-order chi connectivity index (χ1) is 10.7. The Bertz CT molecular complexity index is 204. The van der Waals surface area contributed by atoms with Crippen molar-refractivity contribution in [3.05, 3.63) is 18.4 Å². The van der Waals surface area contributed by atoms with Crippen LogP contribution in [0.15, 0.2) is 18.4 Å². The fraction of sp³-hybridized carbons (Fsp3) is 0.850. The summed E-state index contributed by atoms with van der Waals surface area (Å²) in [5.41, 5.74) is 2.91. The summed E-state index contributed by atoms with van der Waals surface area (Å²) >= 11 is 0. The SMILES string of the molecule is C=C=CC1CCC(CCC)CC1.CC.CCCO.CCOC. The molecule has 0 bridgehead atoms. The zero-order chi connectivity index (χ0) is 17.6. The summed E-state index contributed by atoms with van der Waals surface area (Å²) in [6, 6.07) is 0. The maximum absolute atomic E-state index is 7.88. The Morgan fingerprint density at radius 1 is 1.09 bits per heavy atom. The van der Waals surface area contributed by atoms with Crippen LogP contribution >= 0.6 is 0 Å². The van der Waals surface area contributed by atoms with E-state index in [0.717, 1.165) is 24.9 Å². The van der Waals surface area contributed by atoms with Crippen LogP contribution in [0.1, 0.15) is 79.6 Å². The number of rotatable bonds is 5. The van der Waals surface area contributed by atoms with Crippen molar-refractivity contribution in [3.8, 4) is 0 Å². The molecule has 0 aromatic carbocycles. The van der Waals surface area contributed by atoms with Gasteiger partial charge < -0.3 is 9.84 Å². The van der Waals surface area contributed by atoms with E-state index in [1.165, 1.54) is 38.5 Å². The molecule has 1 fully saturated rings. The van der Waals surface area contributed by atoms with Crippen LogP contribution in [-0.4, -0.2) is 25.4 Å². The van der Waals surface area contributed by atoms with Gasteiger partial charge in [0.25, 0.3) is 0 Å². The van der Waals surface area contributed by atoms with Crippen LogP contribution in [0, 0.1) is 11.8 Å². The molecule has 0 heterocycles. The van der Waals surface area contributed by atoms with E-state index < -0.39 is 0 Å². The van der Waals surface area contributed by atoms with E-state index in [2.05, 4.69) is 30.0 Å². The van der Waals surface area contributed by atoms with Crippen LogP contribution in [0.2, 0.25) is 0 Å². The first-order valence-electron chi connectivity index (χ1n) is 9.15. The van der Waals surface area contributed by atoms with Gasteiger partial charge in [0, 0.05) is 20.3 Å². The predicted molar refractivity (Wildman–Crippen MR) is 100 cm³/mol. The second-order valence-electron chi connectivity index (χ2n) is 5.24. The van der Waals surface area contributed by atoms with Crippen LogP contribution in [0.3, 0.4) is 0 Å². The molecule has 0 unspecified atom stereocenters. The van der Waals surface area contributed by atoms with Crippen molar-refractivity contribution in [2.75, 3.05) is 20.3 Å². The Morgan fingerprint density at radius 3 is 1.82 bits per heavy atom. The molecule has 1 aliphatic rings. The van der Waals surface area contributed by atoms with E-state index >= 15 is 0 Å². The van der Waals surface area contributed by atoms with E-state index in [1.807, 2.05) is 27.7 Å². The molecule has 0 atom stereocenters. The van der Waals surface area contributed by atoms with Gasteiger partial charge in [0.05, 0.1) is 0 Å². The first-order valence-corrected chi connectivity index (χ1v) is 9.15. The molecule has 1 saturated carbocycles. The summed E-state index contributed by atoms with van der Waals surface area (Å²) in [6.07, 6.45) is 11.4. The van der Waals surface area contributed by atoms with E-state index in [0.29, 0.717) is 6.61 Å². The summed E-state index contributed by atoms with van der Waals surface area (Å²) in [5, 5.41) is 7.88. The predicted octanol–water partition coefficient (Wildman–Crippen LogP) is 6.00. The summed E-state index contributed by atoms with van der Waals surface area (Å²) in [6.45, 7) is 14.9. The third-order valence-corrected chi connectivity index (χ3v) is 3.45. The molecule has 22 heavy (non-hydrogen) atoms. The van der Waals surface area contributed by atoms with Gasteiger partial charge in [-0.25, -0.2) is 0 Å². The summed E-state index contributed by atoms with van der Waals surface area (Å²) in [5.74, 6) is 1.81. The minimum absolute atomic E-state index is 0.319. The maximum Gasteiger partial charge on any atom is 0.0433 e. The van der Waals surface area contributed by atoms with Crippen LogP contribution < -0.4 is 0 Å². The molecule has 2 heteroatoms. The van der Waals surface area contributed by atoms with Crippen LogP contribution in [0.4, 0.5) is 0 Å². The van der Waals surface area contributed by atoms with Gasteiger partial charge in [-0.2, -0.15) is 0 Å². The van der Waals surface area contributed by atoms with Crippen molar-refractivity contribution in [2.24, 2.45) is 11.8 Å². The van der Waals surface area contributed by atoms with Crippen molar-refractivity contribution in [1.29, 1.82) is 0 Å². The first kappa shape index (κ1) is 26.3. The second kappa shape index (κ2) is 25.4. The highest BCUT2D eigenvalue weighted by Crippen LogP contribution is 2.31. The Morgan fingerprint density at radius 2 is 1.55 bits per heavy atom. The highest BCUT2D eigenvalue weighted by Gasteiger charge is 2.18. The van der Waals surface area contributed by atoms with Gasteiger partial charge in [-0.1, -0.05) is 47.1 Å². The van der Waals surface area contributed by atoms with Crippen molar-refractivity contribution in [1.82, 2.24) is 0 Å². The standard InChI is InChI=1S/C12H20.2C3H8O.C2H6/c1-3-5-11-7-9-12(6-4-2)10-8-11;1-3-4-2;1-2-3-4;1-2/h5,11-12H,1,4,6-10H2,2H3;3H2,1-2H3;4H,2-3H2,1H3;1-2H3.